The van der Waals surface area contributed by atoms with Crippen LogP contribution >= 0.6 is 7.80 Å². The van der Waals surface area contributed by atoms with Crippen LogP contribution in [0.15, 0.2) is 72.8 Å². The summed E-state index contributed by atoms with van der Waals surface area (Å²) in [7, 11) is -2.09. The number of fused-ring (bicyclic) bond motifs is 3. The molecule has 0 N–H and O–H groups in total. The molecule has 4 rings (SSSR count). The van der Waals surface area contributed by atoms with Crippen LogP contribution in [0.2, 0.25) is 0 Å². The summed E-state index contributed by atoms with van der Waals surface area (Å²) in [6, 6.07) is 23.0. The molecule has 22 heavy (non-hydrogen) atoms. The van der Waals surface area contributed by atoms with Crippen molar-refractivity contribution in [1.82, 2.24) is 0 Å². The predicted molar refractivity (Wildman–Crippen MR) is 88.9 cm³/mol. The van der Waals surface area contributed by atoms with E-state index in [4.69, 9.17) is 0 Å². The van der Waals surface area contributed by atoms with Gasteiger partial charge in [-0.15, -0.1) is 0 Å². The maximum atomic E-state index is 12.8. The van der Waals surface area contributed by atoms with Crippen molar-refractivity contribution in [3.05, 3.63) is 78.4 Å². The minimum Gasteiger partial charge on any atom is -0.234 e. The second-order valence-corrected chi connectivity index (χ2v) is 6.66. The molecule has 0 saturated heterocycles. The van der Waals surface area contributed by atoms with Crippen LogP contribution in [-0.4, -0.2) is 5.52 Å². The van der Waals surface area contributed by atoms with Crippen molar-refractivity contribution in [3.8, 4) is 22.3 Å². The molecule has 0 bridgehead atoms. The molecule has 3 aromatic rings. The molecule has 1 unspecified atom stereocenters. The minimum atomic E-state index is -2.09. The van der Waals surface area contributed by atoms with E-state index in [9.17, 15) is 9.36 Å². The van der Waals surface area contributed by atoms with Gasteiger partial charge in [0.1, 0.15) is 0 Å². The van der Waals surface area contributed by atoms with E-state index in [-0.39, 0.29) is 5.52 Å². The van der Waals surface area contributed by atoms with Gasteiger partial charge in [0.15, 0.2) is 0 Å². The highest BCUT2D eigenvalue weighted by Crippen LogP contribution is 2.43. The van der Waals surface area contributed by atoms with Crippen LogP contribution in [0, 0.1) is 0 Å². The molecule has 0 amide bonds. The van der Waals surface area contributed by atoms with E-state index in [0.717, 1.165) is 22.3 Å². The molecule has 2 nitrogen and oxygen atoms in total. The van der Waals surface area contributed by atoms with Gasteiger partial charge in [0.2, 0.25) is 5.30 Å². The van der Waals surface area contributed by atoms with Crippen LogP contribution in [-0.2, 0) is 4.57 Å². The molecule has 1 heterocycles. The normalized spacial score (nSPS) is 14.4. The van der Waals surface area contributed by atoms with Gasteiger partial charge in [0.05, 0.1) is 5.56 Å². The molecule has 0 saturated carbocycles. The summed E-state index contributed by atoms with van der Waals surface area (Å²) in [5.41, 5.74) is 3.91. The van der Waals surface area contributed by atoms with Crippen molar-refractivity contribution in [2.45, 2.75) is 0 Å². The summed E-state index contributed by atoms with van der Waals surface area (Å²) < 4.78 is 12.8. The third kappa shape index (κ3) is 1.85. The smallest absolute Gasteiger partial charge is 0.234 e. The molecular formula is C19H12O2P+. The molecule has 0 spiro atoms. The molecule has 0 radical (unpaired) electrons. The Bertz CT molecular complexity index is 899. The van der Waals surface area contributed by atoms with Crippen molar-refractivity contribution in [3.63, 3.8) is 0 Å². The Labute approximate surface area is 129 Å². The zero-order chi connectivity index (χ0) is 15.1. The van der Waals surface area contributed by atoms with Gasteiger partial charge in [-0.05, 0) is 23.8 Å². The molecule has 104 valence electrons. The van der Waals surface area contributed by atoms with Crippen LogP contribution in [0.1, 0.15) is 10.4 Å². The largest absolute Gasteiger partial charge is 0.459 e. The van der Waals surface area contributed by atoms with Crippen LogP contribution in [0.5, 0.6) is 0 Å². The first-order chi connectivity index (χ1) is 10.8. The van der Waals surface area contributed by atoms with Crippen molar-refractivity contribution in [2.75, 3.05) is 0 Å². The molecule has 0 fully saturated rings. The Morgan fingerprint density at radius 1 is 0.591 bits per heavy atom. The van der Waals surface area contributed by atoms with Gasteiger partial charge in [-0.2, -0.15) is 0 Å². The lowest BCUT2D eigenvalue weighted by Gasteiger charge is -2.13. The van der Waals surface area contributed by atoms with E-state index in [1.165, 1.54) is 0 Å². The van der Waals surface area contributed by atoms with Gasteiger partial charge in [-0.3, -0.25) is 0 Å². The fourth-order valence-electron chi connectivity index (χ4n) is 2.95. The number of carbonyl (C=O) groups is 1. The highest BCUT2D eigenvalue weighted by Gasteiger charge is 2.43. The van der Waals surface area contributed by atoms with Crippen molar-refractivity contribution in [1.29, 1.82) is 0 Å². The van der Waals surface area contributed by atoms with Crippen molar-refractivity contribution in [2.24, 2.45) is 0 Å². The maximum absolute atomic E-state index is 12.8. The van der Waals surface area contributed by atoms with Gasteiger partial charge >= 0.3 is 13.3 Å². The SMILES string of the molecule is O=C1c2ccccc2-c2cccc(-c3ccccc3)c2[P+]1=O. The Hall–Kier alpha value is -2.57. The van der Waals surface area contributed by atoms with E-state index in [1.807, 2.05) is 66.7 Å². The Morgan fingerprint density at radius 3 is 1.95 bits per heavy atom. The van der Waals surface area contributed by atoms with Gasteiger partial charge in [-0.25, -0.2) is 4.79 Å². The number of benzene rings is 3. The molecule has 0 aliphatic carbocycles. The molecule has 1 atom stereocenters. The standard InChI is InChI=1S/C19H12O2P/c20-19-17-10-5-4-9-15(17)16-12-6-11-14(18(16)22(19)21)13-7-2-1-3-8-13/h1-12H/q+1. The van der Waals surface area contributed by atoms with Crippen LogP contribution in [0.3, 0.4) is 0 Å². The summed E-state index contributed by atoms with van der Waals surface area (Å²) in [6.45, 7) is 0. The monoisotopic (exact) mass is 303 g/mol. The molecule has 3 aromatic carbocycles. The summed E-state index contributed by atoms with van der Waals surface area (Å²) in [4.78, 5) is 12.5. The van der Waals surface area contributed by atoms with E-state index < -0.39 is 7.80 Å². The summed E-state index contributed by atoms with van der Waals surface area (Å²) in [5, 5.41) is 0.660. The lowest BCUT2D eigenvalue weighted by atomic mass is 9.95. The third-order valence-corrected chi connectivity index (χ3v) is 5.45. The van der Waals surface area contributed by atoms with Crippen LogP contribution in [0.25, 0.3) is 22.3 Å². The Morgan fingerprint density at radius 2 is 1.18 bits per heavy atom. The number of carbonyl (C=O) groups excluding carboxylic acids is 1. The van der Waals surface area contributed by atoms with Gasteiger partial charge in [0.25, 0.3) is 0 Å². The van der Waals surface area contributed by atoms with Crippen molar-refractivity contribution < 1.29 is 9.36 Å². The summed E-state index contributed by atoms with van der Waals surface area (Å²) in [6.07, 6.45) is 0. The zero-order valence-corrected chi connectivity index (χ0v) is 12.6. The quantitative estimate of drug-likeness (QED) is 0.614. The minimum absolute atomic E-state index is 0.276. The molecule has 3 heteroatoms. The van der Waals surface area contributed by atoms with Crippen molar-refractivity contribution >= 4 is 18.6 Å². The predicted octanol–water partition coefficient (Wildman–Crippen LogP) is 4.63. The number of rotatable bonds is 1. The second kappa shape index (κ2) is 5.01. The van der Waals surface area contributed by atoms with Gasteiger partial charge in [-0.1, -0.05) is 59.2 Å². The summed E-state index contributed by atoms with van der Waals surface area (Å²) >= 11 is 0. The zero-order valence-electron chi connectivity index (χ0n) is 11.7. The average molecular weight is 303 g/mol. The van der Waals surface area contributed by atoms with Crippen LogP contribution in [0.4, 0.5) is 0 Å². The average Bonchev–Trinajstić information content (AvgIpc) is 2.60. The Kier molecular flexibility index (Phi) is 2.99. The van der Waals surface area contributed by atoms with E-state index in [0.29, 0.717) is 10.9 Å². The first kappa shape index (κ1) is 13.1. The first-order valence-electron chi connectivity index (χ1n) is 7.07. The molecule has 0 aromatic heterocycles. The molecule has 1 aliphatic heterocycles. The third-order valence-electron chi connectivity index (χ3n) is 3.96. The van der Waals surface area contributed by atoms with Gasteiger partial charge in [0, 0.05) is 16.7 Å². The van der Waals surface area contributed by atoms with Gasteiger partial charge < -0.3 is 0 Å². The fourth-order valence-corrected chi connectivity index (χ4v) is 4.40. The van der Waals surface area contributed by atoms with Crippen LogP contribution < -0.4 is 5.30 Å². The van der Waals surface area contributed by atoms with E-state index in [2.05, 4.69) is 0 Å². The lowest BCUT2D eigenvalue weighted by molar-refractivity contribution is 0.108. The second-order valence-electron chi connectivity index (χ2n) is 5.21. The van der Waals surface area contributed by atoms with E-state index in [1.54, 1.807) is 6.07 Å². The first-order valence-corrected chi connectivity index (χ1v) is 8.33. The Balaban J connectivity index is 2.07. The highest BCUT2D eigenvalue weighted by molar-refractivity contribution is 7.72. The molecular weight excluding hydrogens is 291 g/mol. The highest BCUT2D eigenvalue weighted by atomic mass is 31.1. The summed E-state index contributed by atoms with van der Waals surface area (Å²) in [5.74, 6) is 0. The van der Waals surface area contributed by atoms with E-state index >= 15 is 0 Å². The lowest BCUT2D eigenvalue weighted by Crippen LogP contribution is -2.17. The fraction of sp³-hybridized carbons (Fsp3) is 0. The number of hydrogen-bond acceptors (Lipinski definition) is 2. The molecule has 1 aliphatic rings. The number of hydrogen-bond donors (Lipinski definition) is 0. The maximum Gasteiger partial charge on any atom is 0.459 e. The topological polar surface area (TPSA) is 34.1 Å².